The lowest BCUT2D eigenvalue weighted by molar-refractivity contribution is 0.573. The number of hydrogen-bond acceptors (Lipinski definition) is 1. The number of nitrogens with zero attached hydrogens (tertiary/aromatic N) is 1. The maximum Gasteiger partial charge on any atom is 0.0475 e. The van der Waals surface area contributed by atoms with Crippen molar-refractivity contribution >= 4 is 0 Å². The van der Waals surface area contributed by atoms with Crippen molar-refractivity contribution in [2.45, 2.75) is 52.6 Å². The van der Waals surface area contributed by atoms with Crippen LogP contribution in [0.25, 0.3) is 0 Å². The first-order valence-corrected chi connectivity index (χ1v) is 7.55. The van der Waals surface area contributed by atoms with Crippen LogP contribution >= 0.6 is 0 Å². The molecule has 106 valence electrons. The second kappa shape index (κ2) is 5.10. The van der Waals surface area contributed by atoms with E-state index in [1.807, 2.05) is 0 Å². The summed E-state index contributed by atoms with van der Waals surface area (Å²) in [6, 6.07) is 4.79. The van der Waals surface area contributed by atoms with Crippen molar-refractivity contribution in [2.24, 2.45) is 5.73 Å². The van der Waals surface area contributed by atoms with Crippen molar-refractivity contribution in [3.63, 3.8) is 0 Å². The van der Waals surface area contributed by atoms with Gasteiger partial charge in [-0.05, 0) is 67.9 Å². The average Bonchev–Trinajstić information content (AvgIpc) is 2.78. The van der Waals surface area contributed by atoms with Gasteiger partial charge in [0.05, 0.1) is 0 Å². The summed E-state index contributed by atoms with van der Waals surface area (Å²) in [4.78, 5) is 0. The van der Waals surface area contributed by atoms with Gasteiger partial charge in [0, 0.05) is 25.0 Å². The molecule has 20 heavy (non-hydrogen) atoms. The highest BCUT2D eigenvalue weighted by atomic mass is 14.9. The highest BCUT2D eigenvalue weighted by molar-refractivity contribution is 5.38. The number of aryl methyl sites for hydroxylation is 4. The Morgan fingerprint density at radius 1 is 1.15 bits per heavy atom. The van der Waals surface area contributed by atoms with Crippen molar-refractivity contribution in [3.05, 3.63) is 57.9 Å². The van der Waals surface area contributed by atoms with E-state index in [1.54, 1.807) is 0 Å². The molecule has 0 aliphatic heterocycles. The summed E-state index contributed by atoms with van der Waals surface area (Å²) in [7, 11) is 0. The van der Waals surface area contributed by atoms with Gasteiger partial charge in [0.15, 0.2) is 0 Å². The molecule has 0 fully saturated rings. The predicted molar refractivity (Wildman–Crippen MR) is 84.1 cm³/mol. The summed E-state index contributed by atoms with van der Waals surface area (Å²) in [6.45, 7) is 7.55. The lowest BCUT2D eigenvalue weighted by atomic mass is 9.92. The predicted octanol–water partition coefficient (Wildman–Crippen LogP) is 3.80. The molecule has 0 saturated carbocycles. The molecule has 0 bridgehead atoms. The highest BCUT2D eigenvalue weighted by Crippen LogP contribution is 2.29. The van der Waals surface area contributed by atoms with Crippen LogP contribution in [0.1, 0.15) is 52.3 Å². The molecule has 0 saturated heterocycles. The molecule has 1 aliphatic carbocycles. The minimum Gasteiger partial charge on any atom is -0.349 e. The summed E-state index contributed by atoms with van der Waals surface area (Å²) < 4.78 is 2.32. The molecule has 1 atom stereocenters. The van der Waals surface area contributed by atoms with Crippen LogP contribution in [0.5, 0.6) is 0 Å². The van der Waals surface area contributed by atoms with Gasteiger partial charge in [0.1, 0.15) is 0 Å². The Hall–Kier alpha value is -1.54. The average molecular weight is 268 g/mol. The molecule has 2 N–H and O–H groups in total. The third kappa shape index (κ3) is 2.40. The zero-order valence-electron chi connectivity index (χ0n) is 12.7. The van der Waals surface area contributed by atoms with Crippen LogP contribution in [0.15, 0.2) is 24.5 Å². The van der Waals surface area contributed by atoms with Crippen molar-refractivity contribution < 1.29 is 0 Å². The van der Waals surface area contributed by atoms with E-state index in [9.17, 15) is 0 Å². The van der Waals surface area contributed by atoms with Crippen molar-refractivity contribution in [2.75, 3.05) is 0 Å². The van der Waals surface area contributed by atoms with Gasteiger partial charge in [-0.25, -0.2) is 0 Å². The molecule has 1 aromatic carbocycles. The van der Waals surface area contributed by atoms with Gasteiger partial charge in [-0.15, -0.1) is 0 Å². The molecule has 2 aromatic rings. The fraction of sp³-hybridized carbons (Fsp3) is 0.444. The summed E-state index contributed by atoms with van der Waals surface area (Å²) in [5.74, 6) is 0. The molecular weight excluding hydrogens is 244 g/mol. The first-order chi connectivity index (χ1) is 9.54. The maximum atomic E-state index is 6.22. The van der Waals surface area contributed by atoms with E-state index in [2.05, 4.69) is 49.9 Å². The van der Waals surface area contributed by atoms with Crippen LogP contribution in [0, 0.1) is 20.8 Å². The zero-order chi connectivity index (χ0) is 14.3. The zero-order valence-corrected chi connectivity index (χ0v) is 12.7. The summed E-state index contributed by atoms with van der Waals surface area (Å²) in [5, 5.41) is 0. The molecule has 0 amide bonds. The monoisotopic (exact) mass is 268 g/mol. The Morgan fingerprint density at radius 2 is 1.85 bits per heavy atom. The number of nitrogens with two attached hydrogens (primary N) is 1. The minimum absolute atomic E-state index is 0.236. The van der Waals surface area contributed by atoms with Crippen LogP contribution in [0.3, 0.4) is 0 Å². The van der Waals surface area contributed by atoms with Gasteiger partial charge in [0.25, 0.3) is 0 Å². The van der Waals surface area contributed by atoms with Crippen LogP contribution in [0.2, 0.25) is 0 Å². The second-order valence-electron chi connectivity index (χ2n) is 6.29. The van der Waals surface area contributed by atoms with E-state index in [0.29, 0.717) is 0 Å². The van der Waals surface area contributed by atoms with E-state index < -0.39 is 0 Å². The standard InChI is InChI=1S/C18H24N2/c1-12-7-13(2)16(14(3)8-12)10-20-9-15-5-4-6-18(19)17(15)11-20/h7-9,11,18H,4-6,10,19H2,1-3H3. The fourth-order valence-electron chi connectivity index (χ4n) is 3.52. The Kier molecular flexibility index (Phi) is 3.43. The summed E-state index contributed by atoms with van der Waals surface area (Å²) in [5.41, 5.74) is 14.6. The van der Waals surface area contributed by atoms with Gasteiger partial charge >= 0.3 is 0 Å². The smallest absolute Gasteiger partial charge is 0.0475 e. The number of rotatable bonds is 2. The lowest BCUT2D eigenvalue weighted by Crippen LogP contribution is -2.15. The van der Waals surface area contributed by atoms with E-state index in [4.69, 9.17) is 5.73 Å². The van der Waals surface area contributed by atoms with Crippen molar-refractivity contribution in [1.29, 1.82) is 0 Å². The molecule has 0 spiro atoms. The molecule has 1 aromatic heterocycles. The third-order valence-corrected chi connectivity index (χ3v) is 4.54. The van der Waals surface area contributed by atoms with E-state index >= 15 is 0 Å². The Bertz CT molecular complexity index is 614. The summed E-state index contributed by atoms with van der Waals surface area (Å²) in [6.07, 6.45) is 8.09. The van der Waals surface area contributed by atoms with Gasteiger partial charge in [-0.2, -0.15) is 0 Å². The quantitative estimate of drug-likeness (QED) is 0.882. The lowest BCUT2D eigenvalue weighted by Gasteiger charge is -2.17. The second-order valence-corrected chi connectivity index (χ2v) is 6.29. The van der Waals surface area contributed by atoms with Crippen LogP contribution in [-0.4, -0.2) is 4.57 Å². The SMILES string of the molecule is Cc1cc(C)c(Cn2cc3c(c2)C(N)CCC3)c(C)c1. The van der Waals surface area contributed by atoms with Crippen molar-refractivity contribution in [3.8, 4) is 0 Å². The van der Waals surface area contributed by atoms with Crippen LogP contribution < -0.4 is 5.73 Å². The molecule has 0 radical (unpaired) electrons. The molecule has 3 rings (SSSR count). The largest absolute Gasteiger partial charge is 0.349 e. The maximum absolute atomic E-state index is 6.22. The van der Waals surface area contributed by atoms with E-state index in [1.165, 1.54) is 46.2 Å². The third-order valence-electron chi connectivity index (χ3n) is 4.54. The molecule has 1 aliphatic rings. The molecular formula is C18H24N2. The normalized spacial score (nSPS) is 18.1. The Morgan fingerprint density at radius 3 is 2.50 bits per heavy atom. The van der Waals surface area contributed by atoms with Crippen LogP contribution in [0.4, 0.5) is 0 Å². The van der Waals surface area contributed by atoms with Crippen molar-refractivity contribution in [1.82, 2.24) is 4.57 Å². The van der Waals surface area contributed by atoms with Crippen LogP contribution in [-0.2, 0) is 13.0 Å². The minimum atomic E-state index is 0.236. The first kappa shape index (κ1) is 13.4. The van der Waals surface area contributed by atoms with Gasteiger partial charge in [0.2, 0.25) is 0 Å². The van der Waals surface area contributed by atoms with E-state index in [-0.39, 0.29) is 6.04 Å². The first-order valence-electron chi connectivity index (χ1n) is 7.55. The fourth-order valence-corrected chi connectivity index (χ4v) is 3.52. The Balaban J connectivity index is 1.93. The molecule has 1 heterocycles. The Labute approximate surface area is 121 Å². The topological polar surface area (TPSA) is 30.9 Å². The molecule has 2 heteroatoms. The highest BCUT2D eigenvalue weighted by Gasteiger charge is 2.19. The van der Waals surface area contributed by atoms with Gasteiger partial charge < -0.3 is 10.3 Å². The summed E-state index contributed by atoms with van der Waals surface area (Å²) >= 11 is 0. The molecule has 2 nitrogen and oxygen atoms in total. The number of fused-ring (bicyclic) bond motifs is 1. The van der Waals surface area contributed by atoms with Gasteiger partial charge in [-0.3, -0.25) is 0 Å². The van der Waals surface area contributed by atoms with E-state index in [0.717, 1.165) is 13.0 Å². The number of hydrogen-bond donors (Lipinski definition) is 1. The number of aromatic nitrogens is 1. The number of benzene rings is 1. The van der Waals surface area contributed by atoms with Gasteiger partial charge in [-0.1, -0.05) is 17.7 Å². The molecule has 1 unspecified atom stereocenters.